The fourth-order valence-electron chi connectivity index (χ4n) is 4.73. The summed E-state index contributed by atoms with van der Waals surface area (Å²) in [5, 5.41) is 18.2. The van der Waals surface area contributed by atoms with Crippen molar-refractivity contribution in [1.29, 1.82) is 0 Å². The number of carbonyl (C=O) groups excluding carboxylic acids is 1. The summed E-state index contributed by atoms with van der Waals surface area (Å²) in [6.45, 7) is 8.02. The molecule has 1 aromatic heterocycles. The molecule has 2 aliphatic heterocycles. The summed E-state index contributed by atoms with van der Waals surface area (Å²) in [4.78, 5) is 17.1. The molecule has 0 radical (unpaired) electrons. The number of benzene rings is 1. The van der Waals surface area contributed by atoms with Gasteiger partial charge in [0.25, 0.3) is 0 Å². The van der Waals surface area contributed by atoms with Crippen molar-refractivity contribution in [2.45, 2.75) is 65.0 Å². The van der Waals surface area contributed by atoms with Crippen LogP contribution in [0.5, 0.6) is 11.5 Å². The molecule has 1 amide bonds. The van der Waals surface area contributed by atoms with Gasteiger partial charge in [-0.25, -0.2) is 0 Å². The monoisotopic (exact) mass is 501 g/mol. The van der Waals surface area contributed by atoms with Crippen LogP contribution < -0.4 is 9.47 Å². The van der Waals surface area contributed by atoms with Gasteiger partial charge in [-0.3, -0.25) is 14.4 Å². The normalized spacial score (nSPS) is 22.4. The van der Waals surface area contributed by atoms with Crippen LogP contribution in [-0.4, -0.2) is 87.9 Å². The average molecular weight is 502 g/mol. The highest BCUT2D eigenvalue weighted by molar-refractivity contribution is 5.76. The van der Waals surface area contributed by atoms with Crippen LogP contribution >= 0.6 is 0 Å². The van der Waals surface area contributed by atoms with Gasteiger partial charge in [-0.2, -0.15) is 0 Å². The summed E-state index contributed by atoms with van der Waals surface area (Å²) in [5.74, 6) is 1.68. The van der Waals surface area contributed by atoms with E-state index in [0.29, 0.717) is 58.8 Å². The highest BCUT2D eigenvalue weighted by Gasteiger charge is 2.28. The first-order valence-electron chi connectivity index (χ1n) is 12.9. The van der Waals surface area contributed by atoms with E-state index >= 15 is 0 Å². The number of para-hydroxylation sites is 1. The zero-order valence-corrected chi connectivity index (χ0v) is 21.6. The summed E-state index contributed by atoms with van der Waals surface area (Å²) < 4.78 is 20.0. The van der Waals surface area contributed by atoms with E-state index < -0.39 is 0 Å². The number of aryl methyl sites for hydroxylation is 1. The van der Waals surface area contributed by atoms with Crippen LogP contribution in [0.3, 0.4) is 0 Å². The number of amides is 1. The molecule has 3 heterocycles. The molecule has 0 spiro atoms. The zero-order valence-electron chi connectivity index (χ0n) is 21.6. The number of nitrogens with zero attached hydrogens (tertiary/aromatic N) is 5. The summed E-state index contributed by atoms with van der Waals surface area (Å²) in [5.41, 5.74) is 1.85. The molecule has 36 heavy (non-hydrogen) atoms. The molecule has 0 aliphatic carbocycles. The minimum absolute atomic E-state index is 0.0358. The first-order valence-corrected chi connectivity index (χ1v) is 12.9. The summed E-state index contributed by atoms with van der Waals surface area (Å²) >= 11 is 0. The number of hydrogen-bond acceptors (Lipinski definition) is 8. The fraction of sp³-hybridized carbons (Fsp3) is 0.654. The molecule has 10 nitrogen and oxygen atoms in total. The van der Waals surface area contributed by atoms with Crippen molar-refractivity contribution >= 4 is 5.91 Å². The quantitative estimate of drug-likeness (QED) is 0.642. The third kappa shape index (κ3) is 6.74. The van der Waals surface area contributed by atoms with Gasteiger partial charge < -0.3 is 24.2 Å². The van der Waals surface area contributed by atoms with Crippen LogP contribution in [-0.2, 0) is 29.2 Å². The number of rotatable bonds is 6. The molecule has 0 saturated heterocycles. The lowest BCUT2D eigenvalue weighted by Crippen LogP contribution is -2.47. The highest BCUT2D eigenvalue weighted by Crippen LogP contribution is 2.34. The molecule has 3 atom stereocenters. The molecular weight excluding hydrogens is 462 g/mol. The maximum Gasteiger partial charge on any atom is 0.222 e. The van der Waals surface area contributed by atoms with E-state index in [1.165, 1.54) is 0 Å². The maximum atomic E-state index is 13.1. The van der Waals surface area contributed by atoms with E-state index in [-0.39, 0.29) is 30.6 Å². The van der Waals surface area contributed by atoms with Gasteiger partial charge in [0.1, 0.15) is 5.69 Å². The molecule has 2 aliphatic rings. The second-order valence-electron chi connectivity index (χ2n) is 9.97. The van der Waals surface area contributed by atoms with Crippen LogP contribution in [0, 0.1) is 5.92 Å². The Labute approximate surface area is 213 Å². The van der Waals surface area contributed by atoms with E-state index in [4.69, 9.17) is 14.2 Å². The second-order valence-corrected chi connectivity index (χ2v) is 9.97. The van der Waals surface area contributed by atoms with E-state index in [2.05, 4.69) is 35.2 Å². The van der Waals surface area contributed by atoms with Crippen molar-refractivity contribution < 1.29 is 24.1 Å². The van der Waals surface area contributed by atoms with Crippen molar-refractivity contribution in [3.63, 3.8) is 0 Å². The van der Waals surface area contributed by atoms with E-state index in [9.17, 15) is 9.90 Å². The minimum Gasteiger partial charge on any atom is -0.490 e. The standard InChI is InChI=1S/C26H39N5O5/c1-19-13-31(20(2)17-32)25(33)9-5-10-30-15-22(27-28-30)18-36-24(19)16-29(3)14-21-7-4-8-23-26(21)35-12-6-11-34-23/h4,7-8,15,19-20,24,32H,5-6,9-14,16-18H2,1-3H3/t19-,20+,24+/m1/s1. The largest absolute Gasteiger partial charge is 0.490 e. The van der Waals surface area contributed by atoms with E-state index in [1.54, 1.807) is 9.58 Å². The molecule has 0 saturated carbocycles. The second kappa shape index (κ2) is 12.5. The first-order chi connectivity index (χ1) is 17.4. The Bertz CT molecular complexity index is 999. The van der Waals surface area contributed by atoms with Crippen molar-refractivity contribution in [1.82, 2.24) is 24.8 Å². The molecule has 10 heteroatoms. The molecule has 1 N–H and O–H groups in total. The number of aromatic nitrogens is 3. The van der Waals surface area contributed by atoms with Crippen LogP contribution in [0.25, 0.3) is 0 Å². The molecule has 1 aromatic carbocycles. The van der Waals surface area contributed by atoms with Crippen LogP contribution in [0.4, 0.5) is 0 Å². The predicted octanol–water partition coefficient (Wildman–Crippen LogP) is 2.10. The van der Waals surface area contributed by atoms with Gasteiger partial charge in [0, 0.05) is 50.5 Å². The number of likely N-dealkylation sites (N-methyl/N-ethyl adjacent to an activating group) is 1. The first kappa shape index (κ1) is 26.4. The molecular formula is C26H39N5O5. The summed E-state index contributed by atoms with van der Waals surface area (Å²) in [6, 6.07) is 5.77. The lowest BCUT2D eigenvalue weighted by molar-refractivity contribution is -0.136. The number of hydrogen-bond donors (Lipinski definition) is 1. The van der Waals surface area contributed by atoms with E-state index in [0.717, 1.165) is 29.2 Å². The third-order valence-corrected chi connectivity index (χ3v) is 6.83. The molecule has 0 unspecified atom stereocenters. The van der Waals surface area contributed by atoms with Crippen LogP contribution in [0.2, 0.25) is 0 Å². The SMILES string of the molecule is C[C@@H]1CN([C@@H](C)CO)C(=O)CCCn2cc(nn2)CO[C@H]1CN(C)Cc1cccc2c1OCCCO2. The van der Waals surface area contributed by atoms with Gasteiger partial charge >= 0.3 is 0 Å². The van der Waals surface area contributed by atoms with Gasteiger partial charge in [-0.05, 0) is 26.5 Å². The Morgan fingerprint density at radius 3 is 2.92 bits per heavy atom. The maximum absolute atomic E-state index is 13.1. The Morgan fingerprint density at radius 2 is 2.08 bits per heavy atom. The van der Waals surface area contributed by atoms with Gasteiger partial charge in [0.15, 0.2) is 11.5 Å². The van der Waals surface area contributed by atoms with Gasteiger partial charge in [-0.1, -0.05) is 24.3 Å². The number of aliphatic hydroxyl groups is 1. The summed E-state index contributed by atoms with van der Waals surface area (Å²) in [6.07, 6.45) is 3.66. The van der Waals surface area contributed by atoms with Crippen molar-refractivity contribution in [3.8, 4) is 11.5 Å². The van der Waals surface area contributed by atoms with Crippen LogP contribution in [0.1, 0.15) is 44.4 Å². The number of aliphatic hydroxyl groups excluding tert-OH is 1. The van der Waals surface area contributed by atoms with Gasteiger partial charge in [-0.15, -0.1) is 5.10 Å². The molecule has 4 rings (SSSR count). The molecule has 198 valence electrons. The number of carbonyl (C=O) groups is 1. The molecule has 0 fully saturated rings. The smallest absolute Gasteiger partial charge is 0.222 e. The molecule has 2 aromatic rings. The topological polar surface area (TPSA) is 102 Å². The van der Waals surface area contributed by atoms with Crippen LogP contribution in [0.15, 0.2) is 24.4 Å². The Balaban J connectivity index is 1.50. The lowest BCUT2D eigenvalue weighted by atomic mass is 10.0. The van der Waals surface area contributed by atoms with Crippen molar-refractivity contribution in [2.75, 3.05) is 40.0 Å². The minimum atomic E-state index is -0.252. The van der Waals surface area contributed by atoms with Crippen molar-refractivity contribution in [2.24, 2.45) is 5.92 Å². The summed E-state index contributed by atoms with van der Waals surface area (Å²) in [7, 11) is 2.06. The average Bonchev–Trinajstić information content (AvgIpc) is 3.18. The third-order valence-electron chi connectivity index (χ3n) is 6.83. The van der Waals surface area contributed by atoms with E-state index in [1.807, 2.05) is 25.3 Å². The lowest BCUT2D eigenvalue weighted by Gasteiger charge is -2.35. The number of ether oxygens (including phenoxy) is 3. The Morgan fingerprint density at radius 1 is 1.25 bits per heavy atom. The Hall–Kier alpha value is -2.69. The zero-order chi connectivity index (χ0) is 25.5. The van der Waals surface area contributed by atoms with Gasteiger partial charge in [0.05, 0.1) is 44.8 Å². The highest BCUT2D eigenvalue weighted by atomic mass is 16.5. The fourth-order valence-corrected chi connectivity index (χ4v) is 4.73. The van der Waals surface area contributed by atoms with Gasteiger partial charge in [0.2, 0.25) is 5.91 Å². The number of fused-ring (bicyclic) bond motifs is 3. The molecule has 2 bridgehead atoms. The predicted molar refractivity (Wildman–Crippen MR) is 134 cm³/mol. The van der Waals surface area contributed by atoms with Crippen molar-refractivity contribution in [3.05, 3.63) is 35.7 Å². The Kier molecular flexibility index (Phi) is 9.17.